The maximum Gasteiger partial charge on any atom is 0.257 e. The van der Waals surface area contributed by atoms with Crippen LogP contribution >= 0.6 is 27.5 Å². The Kier molecular flexibility index (Phi) is 3.76. The summed E-state index contributed by atoms with van der Waals surface area (Å²) in [6.07, 6.45) is 1.50. The SMILES string of the molecule is O=C(Nc1ccccc1Cl)c1ccc(Br)nc1. The lowest BCUT2D eigenvalue weighted by Crippen LogP contribution is -2.12. The van der Waals surface area contributed by atoms with Gasteiger partial charge in [0.1, 0.15) is 4.60 Å². The number of hydrogen-bond donors (Lipinski definition) is 1. The molecule has 0 unspecified atom stereocenters. The van der Waals surface area contributed by atoms with Crippen molar-refractivity contribution < 1.29 is 4.79 Å². The van der Waals surface area contributed by atoms with Crippen LogP contribution in [0.25, 0.3) is 0 Å². The fourth-order valence-corrected chi connectivity index (χ4v) is 1.68. The van der Waals surface area contributed by atoms with Gasteiger partial charge in [0.2, 0.25) is 0 Å². The van der Waals surface area contributed by atoms with E-state index >= 15 is 0 Å². The van der Waals surface area contributed by atoms with Crippen LogP contribution in [0.5, 0.6) is 0 Å². The third kappa shape index (κ3) is 3.05. The van der Waals surface area contributed by atoms with E-state index in [2.05, 4.69) is 26.2 Å². The predicted octanol–water partition coefficient (Wildman–Crippen LogP) is 3.75. The van der Waals surface area contributed by atoms with E-state index in [1.807, 2.05) is 0 Å². The van der Waals surface area contributed by atoms with E-state index in [0.29, 0.717) is 20.9 Å². The smallest absolute Gasteiger partial charge is 0.257 e. The highest BCUT2D eigenvalue weighted by Gasteiger charge is 2.08. The van der Waals surface area contributed by atoms with Crippen LogP contribution < -0.4 is 5.32 Å². The van der Waals surface area contributed by atoms with Crippen LogP contribution in [0.15, 0.2) is 47.2 Å². The average molecular weight is 312 g/mol. The Bertz CT molecular complexity index is 542. The minimum atomic E-state index is -0.238. The van der Waals surface area contributed by atoms with E-state index in [4.69, 9.17) is 11.6 Å². The molecule has 0 saturated carbocycles. The van der Waals surface area contributed by atoms with E-state index in [9.17, 15) is 4.79 Å². The molecule has 5 heteroatoms. The van der Waals surface area contributed by atoms with Gasteiger partial charge in [-0.1, -0.05) is 23.7 Å². The fourth-order valence-electron chi connectivity index (χ4n) is 1.27. The van der Waals surface area contributed by atoms with Crippen molar-refractivity contribution in [1.29, 1.82) is 0 Å². The van der Waals surface area contributed by atoms with E-state index in [-0.39, 0.29) is 5.91 Å². The Morgan fingerprint density at radius 1 is 1.24 bits per heavy atom. The van der Waals surface area contributed by atoms with Crippen molar-refractivity contribution in [3.05, 3.63) is 57.8 Å². The van der Waals surface area contributed by atoms with Crippen molar-refractivity contribution in [3.8, 4) is 0 Å². The first-order valence-corrected chi connectivity index (χ1v) is 6.01. The zero-order valence-electron chi connectivity index (χ0n) is 8.65. The number of carbonyl (C=O) groups excluding carboxylic acids is 1. The maximum atomic E-state index is 11.9. The molecule has 86 valence electrons. The van der Waals surface area contributed by atoms with Gasteiger partial charge in [-0.05, 0) is 40.2 Å². The molecule has 1 amide bonds. The second-order valence-electron chi connectivity index (χ2n) is 3.30. The van der Waals surface area contributed by atoms with E-state index in [0.717, 1.165) is 0 Å². The summed E-state index contributed by atoms with van der Waals surface area (Å²) in [5.41, 5.74) is 1.07. The van der Waals surface area contributed by atoms with E-state index < -0.39 is 0 Å². The normalized spacial score (nSPS) is 10.0. The van der Waals surface area contributed by atoms with Crippen LogP contribution in [0.2, 0.25) is 5.02 Å². The summed E-state index contributed by atoms with van der Waals surface area (Å²) in [6.45, 7) is 0. The van der Waals surface area contributed by atoms with Gasteiger partial charge in [-0.15, -0.1) is 0 Å². The number of carbonyl (C=O) groups is 1. The molecule has 0 fully saturated rings. The Morgan fingerprint density at radius 3 is 2.65 bits per heavy atom. The zero-order chi connectivity index (χ0) is 12.3. The van der Waals surface area contributed by atoms with Gasteiger partial charge in [-0.2, -0.15) is 0 Å². The van der Waals surface area contributed by atoms with Crippen LogP contribution in [-0.4, -0.2) is 10.9 Å². The van der Waals surface area contributed by atoms with Gasteiger partial charge < -0.3 is 5.32 Å². The number of halogens is 2. The van der Waals surface area contributed by atoms with Crippen molar-refractivity contribution in [1.82, 2.24) is 4.98 Å². The van der Waals surface area contributed by atoms with E-state index in [1.165, 1.54) is 6.20 Å². The summed E-state index contributed by atoms with van der Waals surface area (Å²) >= 11 is 9.15. The molecule has 1 aromatic heterocycles. The third-order valence-electron chi connectivity index (χ3n) is 2.11. The molecule has 0 saturated heterocycles. The molecule has 1 aromatic carbocycles. The number of amides is 1. The first-order valence-electron chi connectivity index (χ1n) is 4.84. The summed E-state index contributed by atoms with van der Waals surface area (Å²) in [5, 5.41) is 3.23. The van der Waals surface area contributed by atoms with Gasteiger partial charge in [-0.25, -0.2) is 4.98 Å². The molecule has 0 bridgehead atoms. The Hall–Kier alpha value is -1.39. The number of pyridine rings is 1. The number of nitrogens with zero attached hydrogens (tertiary/aromatic N) is 1. The predicted molar refractivity (Wildman–Crippen MR) is 71.3 cm³/mol. The minimum Gasteiger partial charge on any atom is -0.321 e. The van der Waals surface area contributed by atoms with Crippen molar-refractivity contribution in [3.63, 3.8) is 0 Å². The van der Waals surface area contributed by atoms with Gasteiger partial charge in [0.25, 0.3) is 5.91 Å². The molecule has 0 radical (unpaired) electrons. The van der Waals surface area contributed by atoms with Crippen LogP contribution in [0.4, 0.5) is 5.69 Å². The van der Waals surface area contributed by atoms with Crippen molar-refractivity contribution >= 4 is 39.1 Å². The number of benzene rings is 1. The number of para-hydroxylation sites is 1. The molecule has 2 rings (SSSR count). The second kappa shape index (κ2) is 5.29. The third-order valence-corrected chi connectivity index (χ3v) is 2.91. The highest BCUT2D eigenvalue weighted by molar-refractivity contribution is 9.10. The average Bonchev–Trinajstić information content (AvgIpc) is 2.33. The molecular formula is C12H8BrClN2O. The quantitative estimate of drug-likeness (QED) is 0.858. The lowest BCUT2D eigenvalue weighted by molar-refractivity contribution is 0.102. The number of nitrogens with one attached hydrogen (secondary N) is 1. The van der Waals surface area contributed by atoms with Crippen molar-refractivity contribution in [2.45, 2.75) is 0 Å². The summed E-state index contributed by atoms with van der Waals surface area (Å²) in [4.78, 5) is 15.8. The Balaban J connectivity index is 2.17. The summed E-state index contributed by atoms with van der Waals surface area (Å²) < 4.78 is 0.687. The maximum absolute atomic E-state index is 11.9. The Labute approximate surface area is 112 Å². The van der Waals surface area contributed by atoms with Gasteiger partial charge in [-0.3, -0.25) is 4.79 Å². The first-order chi connectivity index (χ1) is 8.16. The highest BCUT2D eigenvalue weighted by atomic mass is 79.9. The zero-order valence-corrected chi connectivity index (χ0v) is 11.0. The summed E-state index contributed by atoms with van der Waals surface area (Å²) in [7, 11) is 0. The number of aromatic nitrogens is 1. The van der Waals surface area contributed by atoms with Gasteiger partial charge in [0.15, 0.2) is 0 Å². The molecular weight excluding hydrogens is 304 g/mol. The standard InChI is InChI=1S/C12H8BrClN2O/c13-11-6-5-8(7-15-11)12(17)16-10-4-2-1-3-9(10)14/h1-7H,(H,16,17). The largest absolute Gasteiger partial charge is 0.321 e. The molecule has 0 aliphatic heterocycles. The number of anilines is 1. The number of rotatable bonds is 2. The molecule has 2 aromatic rings. The molecule has 17 heavy (non-hydrogen) atoms. The molecule has 1 N–H and O–H groups in total. The van der Waals surface area contributed by atoms with Gasteiger partial charge >= 0.3 is 0 Å². The molecule has 1 heterocycles. The van der Waals surface area contributed by atoms with Crippen LogP contribution in [0.3, 0.4) is 0 Å². The topological polar surface area (TPSA) is 42.0 Å². The second-order valence-corrected chi connectivity index (χ2v) is 4.52. The van der Waals surface area contributed by atoms with Crippen LogP contribution in [0, 0.1) is 0 Å². The molecule has 0 aliphatic carbocycles. The Morgan fingerprint density at radius 2 is 2.00 bits per heavy atom. The lowest BCUT2D eigenvalue weighted by Gasteiger charge is -2.06. The van der Waals surface area contributed by atoms with Crippen LogP contribution in [0.1, 0.15) is 10.4 Å². The van der Waals surface area contributed by atoms with Crippen LogP contribution in [-0.2, 0) is 0 Å². The summed E-state index contributed by atoms with van der Waals surface area (Å²) in [6, 6.07) is 10.5. The minimum absolute atomic E-state index is 0.238. The number of hydrogen-bond acceptors (Lipinski definition) is 2. The van der Waals surface area contributed by atoms with Gasteiger partial charge in [0.05, 0.1) is 16.3 Å². The lowest BCUT2D eigenvalue weighted by atomic mass is 10.2. The van der Waals surface area contributed by atoms with Crippen molar-refractivity contribution in [2.75, 3.05) is 5.32 Å². The highest BCUT2D eigenvalue weighted by Crippen LogP contribution is 2.21. The molecule has 0 spiro atoms. The monoisotopic (exact) mass is 310 g/mol. The molecule has 0 atom stereocenters. The molecule has 3 nitrogen and oxygen atoms in total. The van der Waals surface area contributed by atoms with Gasteiger partial charge in [0, 0.05) is 6.20 Å². The fraction of sp³-hybridized carbons (Fsp3) is 0. The molecule has 0 aliphatic rings. The first kappa shape index (κ1) is 12.1. The van der Waals surface area contributed by atoms with E-state index in [1.54, 1.807) is 36.4 Å². The summed E-state index contributed by atoms with van der Waals surface area (Å²) in [5.74, 6) is -0.238. The van der Waals surface area contributed by atoms with Crippen molar-refractivity contribution in [2.24, 2.45) is 0 Å².